The number of rotatable bonds is 5. The minimum atomic E-state index is -3.89. The molecule has 0 spiro atoms. The molecule has 4 nitrogen and oxygen atoms in total. The highest BCUT2D eigenvalue weighted by atomic mass is 32.2. The van der Waals surface area contributed by atoms with Gasteiger partial charge in [-0.25, -0.2) is 0 Å². The Morgan fingerprint density at radius 3 is 2.08 bits per heavy atom. The molecule has 0 aliphatic rings. The first-order chi connectivity index (χ1) is 5.71. The van der Waals surface area contributed by atoms with Gasteiger partial charge in [-0.05, 0) is 27.4 Å². The van der Waals surface area contributed by atoms with Crippen LogP contribution in [0.5, 0.6) is 0 Å². The molecule has 0 amide bonds. The molecule has 0 saturated heterocycles. The molecule has 0 fully saturated rings. The molecular weight excluding hydrogens is 190 g/mol. The van der Waals surface area contributed by atoms with Crippen molar-refractivity contribution in [2.75, 3.05) is 19.8 Å². The minimum absolute atomic E-state index is 0.208. The van der Waals surface area contributed by atoms with Gasteiger partial charge in [-0.2, -0.15) is 8.42 Å². The third kappa shape index (κ3) is 4.59. The van der Waals surface area contributed by atoms with E-state index >= 15 is 0 Å². The fourth-order valence-electron chi connectivity index (χ4n) is 1.36. The molecule has 0 radical (unpaired) electrons. The summed E-state index contributed by atoms with van der Waals surface area (Å²) in [5, 5.41) is 0. The van der Waals surface area contributed by atoms with E-state index < -0.39 is 15.7 Å². The highest BCUT2D eigenvalue weighted by molar-refractivity contribution is 7.85. The zero-order chi connectivity index (χ0) is 10.7. The Balaban J connectivity index is 4.61. The van der Waals surface area contributed by atoms with Crippen molar-refractivity contribution in [1.29, 1.82) is 0 Å². The molecule has 0 aliphatic carbocycles. The van der Waals surface area contributed by atoms with Crippen LogP contribution in [0.1, 0.15) is 26.7 Å². The molecule has 1 N–H and O–H groups in total. The Labute approximate surface area is 80.7 Å². The van der Waals surface area contributed by atoms with Crippen LogP contribution in [0.15, 0.2) is 0 Å². The summed E-state index contributed by atoms with van der Waals surface area (Å²) >= 11 is 0. The van der Waals surface area contributed by atoms with Gasteiger partial charge in [0, 0.05) is 5.54 Å². The lowest BCUT2D eigenvalue weighted by atomic mass is 9.97. The van der Waals surface area contributed by atoms with E-state index in [-0.39, 0.29) is 5.75 Å². The molecule has 0 heterocycles. The van der Waals surface area contributed by atoms with E-state index in [1.807, 2.05) is 32.8 Å². The molecule has 0 aromatic rings. The van der Waals surface area contributed by atoms with Gasteiger partial charge in [0.25, 0.3) is 10.1 Å². The van der Waals surface area contributed by atoms with Crippen molar-refractivity contribution in [3.05, 3.63) is 0 Å². The van der Waals surface area contributed by atoms with Gasteiger partial charge >= 0.3 is 0 Å². The van der Waals surface area contributed by atoms with Gasteiger partial charge in [-0.1, -0.05) is 13.3 Å². The maximum absolute atomic E-state index is 10.8. The van der Waals surface area contributed by atoms with Crippen molar-refractivity contribution in [1.82, 2.24) is 4.90 Å². The lowest BCUT2D eigenvalue weighted by molar-refractivity contribution is 0.181. The summed E-state index contributed by atoms with van der Waals surface area (Å²) < 4.78 is 30.3. The molecule has 0 rings (SSSR count). The summed E-state index contributed by atoms with van der Waals surface area (Å²) in [6, 6.07) is 0. The zero-order valence-electron chi connectivity index (χ0n) is 8.74. The molecule has 1 atom stereocenters. The smallest absolute Gasteiger partial charge is 0.266 e. The zero-order valence-corrected chi connectivity index (χ0v) is 9.56. The van der Waals surface area contributed by atoms with Crippen molar-refractivity contribution >= 4 is 10.1 Å². The van der Waals surface area contributed by atoms with Crippen LogP contribution in [0.4, 0.5) is 0 Å². The number of hydrogen-bond donors (Lipinski definition) is 1. The predicted octanol–water partition coefficient (Wildman–Crippen LogP) is 0.995. The number of nitrogens with zero attached hydrogens (tertiary/aromatic N) is 1. The first-order valence-electron chi connectivity index (χ1n) is 4.34. The van der Waals surface area contributed by atoms with E-state index in [2.05, 4.69) is 0 Å². The maximum atomic E-state index is 10.8. The van der Waals surface area contributed by atoms with Crippen molar-refractivity contribution in [3.63, 3.8) is 0 Å². The van der Waals surface area contributed by atoms with Crippen molar-refractivity contribution in [3.8, 4) is 0 Å². The normalized spacial score (nSPS) is 17.4. The van der Waals surface area contributed by atoms with Gasteiger partial charge in [0.2, 0.25) is 0 Å². The van der Waals surface area contributed by atoms with Gasteiger partial charge in [0.15, 0.2) is 0 Å². The Bertz CT molecular complexity index is 248. The van der Waals surface area contributed by atoms with E-state index in [0.29, 0.717) is 0 Å². The molecular formula is C8H19NO3S. The van der Waals surface area contributed by atoms with Crippen molar-refractivity contribution < 1.29 is 13.0 Å². The Morgan fingerprint density at radius 1 is 1.38 bits per heavy atom. The molecule has 5 heteroatoms. The Kier molecular flexibility index (Phi) is 4.35. The maximum Gasteiger partial charge on any atom is 0.266 e. The fourth-order valence-corrected chi connectivity index (χ4v) is 2.54. The van der Waals surface area contributed by atoms with E-state index in [4.69, 9.17) is 4.55 Å². The lowest BCUT2D eigenvalue weighted by Crippen LogP contribution is -2.46. The second kappa shape index (κ2) is 4.39. The topological polar surface area (TPSA) is 57.6 Å². The molecule has 13 heavy (non-hydrogen) atoms. The van der Waals surface area contributed by atoms with Gasteiger partial charge < -0.3 is 4.90 Å². The second-order valence-corrected chi connectivity index (χ2v) is 5.32. The molecule has 0 aromatic heterocycles. The highest BCUT2D eigenvalue weighted by Crippen LogP contribution is 2.20. The van der Waals surface area contributed by atoms with Gasteiger partial charge in [0.1, 0.15) is 0 Å². The first-order valence-corrected chi connectivity index (χ1v) is 5.95. The summed E-state index contributed by atoms with van der Waals surface area (Å²) in [5.41, 5.74) is -0.470. The van der Waals surface area contributed by atoms with Crippen molar-refractivity contribution in [2.24, 2.45) is 0 Å². The first kappa shape index (κ1) is 12.9. The molecule has 0 aliphatic heterocycles. The van der Waals surface area contributed by atoms with Crippen molar-refractivity contribution in [2.45, 2.75) is 32.2 Å². The van der Waals surface area contributed by atoms with Crippen LogP contribution in [0.3, 0.4) is 0 Å². The Morgan fingerprint density at radius 2 is 1.85 bits per heavy atom. The van der Waals surface area contributed by atoms with E-state index in [1.54, 1.807) is 0 Å². The van der Waals surface area contributed by atoms with Crippen LogP contribution >= 0.6 is 0 Å². The molecule has 0 aromatic carbocycles. The van der Waals surface area contributed by atoms with Gasteiger partial charge in [0.05, 0.1) is 5.75 Å². The SMILES string of the molecule is CCCC(C)(CS(=O)(=O)O)N(C)C. The highest BCUT2D eigenvalue weighted by Gasteiger charge is 2.31. The standard InChI is InChI=1S/C8H19NO3S/c1-5-6-8(2,9(3)4)7-13(10,11)12/h5-7H2,1-4H3,(H,10,11,12). The minimum Gasteiger partial charge on any atom is -0.303 e. The van der Waals surface area contributed by atoms with E-state index in [9.17, 15) is 8.42 Å². The largest absolute Gasteiger partial charge is 0.303 e. The Hall–Kier alpha value is -0.130. The van der Waals surface area contributed by atoms with Crippen LogP contribution in [0.2, 0.25) is 0 Å². The number of hydrogen-bond acceptors (Lipinski definition) is 3. The van der Waals surface area contributed by atoms with Crippen LogP contribution in [-0.4, -0.2) is 43.3 Å². The molecule has 1 unspecified atom stereocenters. The quantitative estimate of drug-likeness (QED) is 0.686. The lowest BCUT2D eigenvalue weighted by Gasteiger charge is -2.35. The fraction of sp³-hybridized carbons (Fsp3) is 1.00. The van der Waals surface area contributed by atoms with Crippen LogP contribution in [0, 0.1) is 0 Å². The summed E-state index contributed by atoms with van der Waals surface area (Å²) in [4.78, 5) is 1.84. The van der Waals surface area contributed by atoms with Gasteiger partial charge in [-0.3, -0.25) is 4.55 Å². The van der Waals surface area contributed by atoms with E-state index in [1.165, 1.54) is 0 Å². The average molecular weight is 209 g/mol. The average Bonchev–Trinajstić information content (AvgIpc) is 1.82. The summed E-state index contributed by atoms with van der Waals surface area (Å²) in [6.45, 7) is 3.83. The van der Waals surface area contributed by atoms with Crippen LogP contribution in [-0.2, 0) is 10.1 Å². The second-order valence-electron chi connectivity index (χ2n) is 3.87. The molecule has 0 bridgehead atoms. The predicted molar refractivity (Wildman–Crippen MR) is 53.4 cm³/mol. The van der Waals surface area contributed by atoms with E-state index in [0.717, 1.165) is 12.8 Å². The summed E-state index contributed by atoms with van der Waals surface area (Å²) in [5.74, 6) is -0.208. The van der Waals surface area contributed by atoms with Crippen LogP contribution in [0.25, 0.3) is 0 Å². The third-order valence-corrected chi connectivity index (χ3v) is 3.35. The monoisotopic (exact) mass is 209 g/mol. The third-order valence-electron chi connectivity index (χ3n) is 2.36. The summed E-state index contributed by atoms with van der Waals surface area (Å²) in [7, 11) is -0.250. The molecule has 0 saturated carbocycles. The molecule has 80 valence electrons. The summed E-state index contributed by atoms with van der Waals surface area (Å²) in [6.07, 6.45) is 1.64. The van der Waals surface area contributed by atoms with Crippen LogP contribution < -0.4 is 0 Å². The van der Waals surface area contributed by atoms with Gasteiger partial charge in [-0.15, -0.1) is 0 Å².